The number of hydrogen-bond donors (Lipinski definition) is 2. The van der Waals surface area contributed by atoms with Crippen LogP contribution in [0.25, 0.3) is 10.9 Å². The van der Waals surface area contributed by atoms with Gasteiger partial charge in [0.25, 0.3) is 5.91 Å². The van der Waals surface area contributed by atoms with Crippen molar-refractivity contribution in [1.82, 2.24) is 15.6 Å². The van der Waals surface area contributed by atoms with Gasteiger partial charge in [0.1, 0.15) is 0 Å². The Labute approximate surface area is 157 Å². The number of aromatic nitrogens is 1. The summed E-state index contributed by atoms with van der Waals surface area (Å²) in [4.78, 5) is 40.9. The quantitative estimate of drug-likeness (QED) is 0.807. The molecule has 3 amide bonds. The lowest BCUT2D eigenvalue weighted by molar-refractivity contribution is -0.123. The van der Waals surface area contributed by atoms with E-state index in [4.69, 9.17) is 4.74 Å². The van der Waals surface area contributed by atoms with Crippen molar-refractivity contribution in [3.63, 3.8) is 0 Å². The first-order valence-electron chi connectivity index (χ1n) is 9.13. The van der Waals surface area contributed by atoms with Crippen molar-refractivity contribution in [3.05, 3.63) is 41.1 Å². The second-order valence-electron chi connectivity index (χ2n) is 6.89. The maximum atomic E-state index is 12.8. The van der Waals surface area contributed by atoms with Gasteiger partial charge in [-0.25, -0.2) is 9.59 Å². The first-order chi connectivity index (χ1) is 13.0. The molecular weight excluding hydrogens is 346 g/mol. The first-order valence-corrected chi connectivity index (χ1v) is 9.13. The molecule has 142 valence electrons. The number of benzene rings is 1. The number of esters is 1. The van der Waals surface area contributed by atoms with Gasteiger partial charge in [-0.15, -0.1) is 0 Å². The highest BCUT2D eigenvalue weighted by Crippen LogP contribution is 2.29. The summed E-state index contributed by atoms with van der Waals surface area (Å²) in [6.45, 7) is 3.04. The third kappa shape index (κ3) is 4.42. The van der Waals surface area contributed by atoms with Gasteiger partial charge in [0.15, 0.2) is 6.61 Å². The Bertz CT molecular complexity index is 892. The van der Waals surface area contributed by atoms with Crippen LogP contribution >= 0.6 is 0 Å². The van der Waals surface area contributed by atoms with Crippen LogP contribution in [0, 0.1) is 0 Å². The first kappa shape index (κ1) is 18.8. The van der Waals surface area contributed by atoms with E-state index >= 15 is 0 Å². The molecule has 0 fully saturated rings. The number of carbonyl (C=O) groups is 3. The second-order valence-corrected chi connectivity index (χ2v) is 6.89. The van der Waals surface area contributed by atoms with Gasteiger partial charge in [-0.3, -0.25) is 15.1 Å². The monoisotopic (exact) mass is 369 g/mol. The molecule has 0 atom stereocenters. The predicted octanol–water partition coefficient (Wildman–Crippen LogP) is 2.50. The molecular formula is C20H23N3O4. The molecule has 27 heavy (non-hydrogen) atoms. The molecule has 0 saturated carbocycles. The van der Waals surface area contributed by atoms with E-state index in [0.717, 1.165) is 47.8 Å². The summed E-state index contributed by atoms with van der Waals surface area (Å²) in [5, 5.41) is 5.40. The third-order valence-corrected chi connectivity index (χ3v) is 4.38. The number of pyridine rings is 1. The van der Waals surface area contributed by atoms with Crippen LogP contribution in [0.2, 0.25) is 0 Å². The van der Waals surface area contributed by atoms with E-state index in [0.29, 0.717) is 5.56 Å². The van der Waals surface area contributed by atoms with Gasteiger partial charge in [0, 0.05) is 17.1 Å². The van der Waals surface area contributed by atoms with Crippen LogP contribution < -0.4 is 10.6 Å². The molecule has 0 radical (unpaired) electrons. The minimum absolute atomic E-state index is 0.102. The maximum absolute atomic E-state index is 12.8. The molecule has 0 unspecified atom stereocenters. The summed E-state index contributed by atoms with van der Waals surface area (Å²) >= 11 is 0. The largest absolute Gasteiger partial charge is 0.452 e. The molecule has 7 nitrogen and oxygen atoms in total. The van der Waals surface area contributed by atoms with Crippen molar-refractivity contribution in [2.24, 2.45) is 0 Å². The summed E-state index contributed by atoms with van der Waals surface area (Å²) in [7, 11) is 0. The number of carbonyl (C=O) groups excluding carboxylic acids is 3. The minimum atomic E-state index is -0.672. The number of aryl methyl sites for hydroxylation is 1. The van der Waals surface area contributed by atoms with E-state index in [2.05, 4.69) is 15.6 Å². The number of para-hydroxylation sites is 1. The van der Waals surface area contributed by atoms with Crippen LogP contribution in [0.5, 0.6) is 0 Å². The van der Waals surface area contributed by atoms with Crippen molar-refractivity contribution >= 4 is 28.8 Å². The third-order valence-electron chi connectivity index (χ3n) is 4.38. The molecule has 0 bridgehead atoms. The van der Waals surface area contributed by atoms with E-state index in [-0.39, 0.29) is 6.04 Å². The Morgan fingerprint density at radius 3 is 2.67 bits per heavy atom. The summed E-state index contributed by atoms with van der Waals surface area (Å²) < 4.78 is 5.21. The van der Waals surface area contributed by atoms with Crippen LogP contribution in [0.3, 0.4) is 0 Å². The smallest absolute Gasteiger partial charge is 0.339 e. The van der Waals surface area contributed by atoms with Crippen molar-refractivity contribution < 1.29 is 19.1 Å². The zero-order chi connectivity index (χ0) is 19.4. The zero-order valence-electron chi connectivity index (χ0n) is 15.5. The van der Waals surface area contributed by atoms with E-state index in [1.807, 2.05) is 24.3 Å². The fourth-order valence-corrected chi connectivity index (χ4v) is 3.27. The number of rotatable bonds is 4. The summed E-state index contributed by atoms with van der Waals surface area (Å²) in [6.07, 6.45) is 3.63. The highest BCUT2D eigenvalue weighted by atomic mass is 16.5. The van der Waals surface area contributed by atoms with Crippen LogP contribution in [0.4, 0.5) is 4.79 Å². The molecule has 1 aromatic carbocycles. The lowest BCUT2D eigenvalue weighted by atomic mass is 9.90. The fourth-order valence-electron chi connectivity index (χ4n) is 3.27. The summed E-state index contributed by atoms with van der Waals surface area (Å²) in [5.74, 6) is -1.24. The average molecular weight is 369 g/mol. The van der Waals surface area contributed by atoms with Gasteiger partial charge in [-0.1, -0.05) is 18.2 Å². The molecule has 0 spiro atoms. The Balaban J connectivity index is 1.77. The van der Waals surface area contributed by atoms with Crippen LogP contribution in [0.15, 0.2) is 24.3 Å². The van der Waals surface area contributed by atoms with Crippen molar-refractivity contribution in [2.45, 2.75) is 45.6 Å². The van der Waals surface area contributed by atoms with Crippen molar-refractivity contribution in [1.29, 1.82) is 0 Å². The Hall–Kier alpha value is -2.96. The van der Waals surface area contributed by atoms with Crippen LogP contribution in [0.1, 0.15) is 48.3 Å². The normalized spacial score (nSPS) is 13.1. The molecule has 1 aliphatic carbocycles. The lowest BCUT2D eigenvalue weighted by Crippen LogP contribution is -2.44. The number of nitrogens with zero attached hydrogens (tertiary/aromatic N) is 1. The Kier molecular flexibility index (Phi) is 5.69. The molecule has 7 heteroatoms. The second kappa shape index (κ2) is 8.16. The number of imide groups is 1. The maximum Gasteiger partial charge on any atom is 0.339 e. The summed E-state index contributed by atoms with van der Waals surface area (Å²) in [6, 6.07) is 6.71. The lowest BCUT2D eigenvalue weighted by Gasteiger charge is -2.19. The molecule has 1 aromatic heterocycles. The number of amides is 3. The van der Waals surface area contributed by atoms with Crippen LogP contribution in [-0.2, 0) is 22.4 Å². The van der Waals surface area contributed by atoms with Crippen molar-refractivity contribution in [2.75, 3.05) is 6.61 Å². The van der Waals surface area contributed by atoms with Gasteiger partial charge in [-0.2, -0.15) is 0 Å². The number of nitrogens with one attached hydrogen (secondary N) is 2. The van der Waals surface area contributed by atoms with E-state index in [1.54, 1.807) is 13.8 Å². The van der Waals surface area contributed by atoms with E-state index in [1.165, 1.54) is 0 Å². The number of fused-ring (bicyclic) bond motifs is 2. The van der Waals surface area contributed by atoms with Crippen LogP contribution in [-0.4, -0.2) is 35.5 Å². The number of hydrogen-bond acceptors (Lipinski definition) is 5. The highest BCUT2D eigenvalue weighted by Gasteiger charge is 2.24. The van der Waals surface area contributed by atoms with Gasteiger partial charge < -0.3 is 10.1 Å². The molecule has 0 aliphatic heterocycles. The highest BCUT2D eigenvalue weighted by molar-refractivity contribution is 6.06. The van der Waals surface area contributed by atoms with Gasteiger partial charge in [-0.05, 0) is 51.2 Å². The predicted molar refractivity (Wildman–Crippen MR) is 100 cm³/mol. The molecule has 3 rings (SSSR count). The molecule has 0 saturated heterocycles. The SMILES string of the molecule is CC(C)NC(=O)NC(=O)COC(=O)c1c2c(nc3ccccc13)CCCC2. The molecule has 1 aliphatic rings. The van der Waals surface area contributed by atoms with Gasteiger partial charge in [0.2, 0.25) is 0 Å². The molecule has 1 heterocycles. The number of urea groups is 1. The average Bonchev–Trinajstić information content (AvgIpc) is 2.63. The Morgan fingerprint density at radius 2 is 1.89 bits per heavy atom. The standard InChI is InChI=1S/C20H23N3O4/c1-12(2)21-20(26)23-17(24)11-27-19(25)18-13-7-3-5-9-15(13)22-16-10-6-4-8-14(16)18/h3,5,7,9,12H,4,6,8,10-11H2,1-2H3,(H2,21,23,24,26). The summed E-state index contributed by atoms with van der Waals surface area (Å²) in [5.41, 5.74) is 3.05. The zero-order valence-corrected chi connectivity index (χ0v) is 15.5. The van der Waals surface area contributed by atoms with Gasteiger partial charge in [0.05, 0.1) is 11.1 Å². The van der Waals surface area contributed by atoms with Crippen molar-refractivity contribution in [3.8, 4) is 0 Å². The topological polar surface area (TPSA) is 97.4 Å². The van der Waals surface area contributed by atoms with Gasteiger partial charge >= 0.3 is 12.0 Å². The van der Waals surface area contributed by atoms with E-state index < -0.39 is 24.5 Å². The molecule has 2 N–H and O–H groups in total. The fraction of sp³-hybridized carbons (Fsp3) is 0.400. The minimum Gasteiger partial charge on any atom is -0.452 e. The van der Waals surface area contributed by atoms with E-state index in [9.17, 15) is 14.4 Å². The Morgan fingerprint density at radius 1 is 1.15 bits per heavy atom. The number of ether oxygens (including phenoxy) is 1. The molecule has 2 aromatic rings.